The Morgan fingerprint density at radius 1 is 1.25 bits per heavy atom. The van der Waals surface area contributed by atoms with E-state index in [1.165, 1.54) is 55.6 Å². The van der Waals surface area contributed by atoms with Crippen molar-refractivity contribution < 1.29 is 0 Å². The van der Waals surface area contributed by atoms with Gasteiger partial charge in [0.15, 0.2) is 0 Å². The highest BCUT2D eigenvalue weighted by Gasteiger charge is 2.38. The molecule has 1 fully saturated rings. The standard InChI is InChI=1S/C13H20N2S/c14-8-4-12-15-10-3-7-13(5-1-2-6-13)9-11(10)16-12/h1-9,14H2. The van der Waals surface area contributed by atoms with Gasteiger partial charge < -0.3 is 5.73 Å². The Morgan fingerprint density at radius 2 is 2.06 bits per heavy atom. The predicted molar refractivity (Wildman–Crippen MR) is 67.8 cm³/mol. The van der Waals surface area contributed by atoms with Gasteiger partial charge in [0.25, 0.3) is 0 Å². The minimum absolute atomic E-state index is 0.666. The van der Waals surface area contributed by atoms with E-state index in [0.29, 0.717) is 5.41 Å². The lowest BCUT2D eigenvalue weighted by Gasteiger charge is -2.32. The van der Waals surface area contributed by atoms with Crippen LogP contribution in [0.25, 0.3) is 0 Å². The van der Waals surface area contributed by atoms with Crippen LogP contribution < -0.4 is 5.73 Å². The summed E-state index contributed by atoms with van der Waals surface area (Å²) in [7, 11) is 0. The summed E-state index contributed by atoms with van der Waals surface area (Å²) in [5.74, 6) is 0. The maximum absolute atomic E-state index is 5.60. The zero-order valence-corrected chi connectivity index (χ0v) is 10.6. The molecule has 1 aromatic heterocycles. The molecule has 0 saturated heterocycles. The summed E-state index contributed by atoms with van der Waals surface area (Å²) in [5.41, 5.74) is 7.66. The normalized spacial score (nSPS) is 22.6. The van der Waals surface area contributed by atoms with E-state index in [4.69, 9.17) is 10.7 Å². The number of aryl methyl sites for hydroxylation is 1. The Bertz CT molecular complexity index is 377. The number of fused-ring (bicyclic) bond motifs is 1. The first-order valence-electron chi connectivity index (χ1n) is 6.49. The first-order chi connectivity index (χ1) is 7.81. The van der Waals surface area contributed by atoms with Gasteiger partial charge in [-0.05, 0) is 44.1 Å². The fourth-order valence-electron chi connectivity index (χ4n) is 3.36. The summed E-state index contributed by atoms with van der Waals surface area (Å²) in [6.07, 6.45) is 10.7. The number of hydrogen-bond donors (Lipinski definition) is 1. The number of nitrogens with zero attached hydrogens (tertiary/aromatic N) is 1. The smallest absolute Gasteiger partial charge is 0.0943 e. The van der Waals surface area contributed by atoms with Crippen LogP contribution in [0.5, 0.6) is 0 Å². The molecule has 0 bridgehead atoms. The summed E-state index contributed by atoms with van der Waals surface area (Å²) in [6.45, 7) is 0.734. The quantitative estimate of drug-likeness (QED) is 0.857. The summed E-state index contributed by atoms with van der Waals surface area (Å²) < 4.78 is 0. The average Bonchev–Trinajstić information content (AvgIpc) is 2.86. The van der Waals surface area contributed by atoms with Crippen LogP contribution >= 0.6 is 11.3 Å². The Hall–Kier alpha value is -0.410. The molecule has 2 aliphatic carbocycles. The molecule has 2 nitrogen and oxygen atoms in total. The molecule has 0 radical (unpaired) electrons. The number of nitrogens with two attached hydrogens (primary N) is 1. The van der Waals surface area contributed by atoms with E-state index in [1.807, 2.05) is 11.3 Å². The molecule has 0 aliphatic heterocycles. The van der Waals surface area contributed by atoms with Gasteiger partial charge in [0.05, 0.1) is 10.7 Å². The second-order valence-electron chi connectivity index (χ2n) is 5.40. The number of thiazole rings is 1. The molecule has 0 amide bonds. The summed E-state index contributed by atoms with van der Waals surface area (Å²) in [6, 6.07) is 0. The molecule has 2 aliphatic rings. The summed E-state index contributed by atoms with van der Waals surface area (Å²) >= 11 is 1.93. The Morgan fingerprint density at radius 3 is 2.81 bits per heavy atom. The van der Waals surface area contributed by atoms with Crippen molar-refractivity contribution in [1.29, 1.82) is 0 Å². The van der Waals surface area contributed by atoms with Crippen LogP contribution in [-0.4, -0.2) is 11.5 Å². The molecule has 1 saturated carbocycles. The lowest BCUT2D eigenvalue weighted by atomic mass is 9.74. The predicted octanol–water partition coefficient (Wildman–Crippen LogP) is 2.69. The van der Waals surface area contributed by atoms with Crippen molar-refractivity contribution in [2.24, 2.45) is 11.1 Å². The van der Waals surface area contributed by atoms with Crippen molar-refractivity contribution in [1.82, 2.24) is 4.98 Å². The SMILES string of the molecule is NCCc1nc2c(s1)CC1(CCCC1)CC2. The second-order valence-corrected chi connectivity index (χ2v) is 6.57. The van der Waals surface area contributed by atoms with Gasteiger partial charge in [-0.15, -0.1) is 11.3 Å². The topological polar surface area (TPSA) is 38.9 Å². The molecule has 2 N–H and O–H groups in total. The molecule has 0 aromatic carbocycles. The molecular formula is C13H20N2S. The molecule has 1 aromatic rings. The van der Waals surface area contributed by atoms with Gasteiger partial charge >= 0.3 is 0 Å². The van der Waals surface area contributed by atoms with Gasteiger partial charge in [0.1, 0.15) is 0 Å². The van der Waals surface area contributed by atoms with Crippen molar-refractivity contribution in [3.8, 4) is 0 Å². The van der Waals surface area contributed by atoms with Crippen LogP contribution in [0.15, 0.2) is 0 Å². The number of hydrogen-bond acceptors (Lipinski definition) is 3. The molecule has 3 rings (SSSR count). The van der Waals surface area contributed by atoms with Crippen molar-refractivity contribution in [2.75, 3.05) is 6.54 Å². The summed E-state index contributed by atoms with van der Waals surface area (Å²) in [4.78, 5) is 6.31. The highest BCUT2D eigenvalue weighted by Crippen LogP contribution is 2.48. The highest BCUT2D eigenvalue weighted by atomic mass is 32.1. The molecule has 0 atom stereocenters. The maximum Gasteiger partial charge on any atom is 0.0943 e. The van der Waals surface area contributed by atoms with Crippen LogP contribution in [-0.2, 0) is 19.3 Å². The maximum atomic E-state index is 5.60. The van der Waals surface area contributed by atoms with Crippen molar-refractivity contribution in [2.45, 2.75) is 51.4 Å². The van der Waals surface area contributed by atoms with Crippen molar-refractivity contribution >= 4 is 11.3 Å². The monoisotopic (exact) mass is 236 g/mol. The molecule has 1 heterocycles. The van der Waals surface area contributed by atoms with E-state index in [9.17, 15) is 0 Å². The molecule has 88 valence electrons. The number of aromatic nitrogens is 1. The third kappa shape index (κ3) is 1.80. The first kappa shape index (κ1) is 10.7. The van der Waals surface area contributed by atoms with E-state index in [-0.39, 0.29) is 0 Å². The van der Waals surface area contributed by atoms with Crippen LogP contribution in [0.1, 0.15) is 47.7 Å². The van der Waals surface area contributed by atoms with Gasteiger partial charge in [-0.2, -0.15) is 0 Å². The van der Waals surface area contributed by atoms with Gasteiger partial charge in [0.2, 0.25) is 0 Å². The van der Waals surface area contributed by atoms with E-state index < -0.39 is 0 Å². The Kier molecular flexibility index (Phi) is 2.76. The molecule has 3 heteroatoms. The lowest BCUT2D eigenvalue weighted by molar-refractivity contribution is 0.256. The minimum atomic E-state index is 0.666. The van der Waals surface area contributed by atoms with Crippen LogP contribution in [0.2, 0.25) is 0 Å². The van der Waals surface area contributed by atoms with Crippen LogP contribution in [0, 0.1) is 5.41 Å². The average molecular weight is 236 g/mol. The van der Waals surface area contributed by atoms with Crippen molar-refractivity contribution in [3.63, 3.8) is 0 Å². The molecule has 0 unspecified atom stereocenters. The third-order valence-corrected chi connectivity index (χ3v) is 5.43. The Balaban J connectivity index is 1.82. The lowest BCUT2D eigenvalue weighted by Crippen LogP contribution is -2.24. The summed E-state index contributed by atoms with van der Waals surface area (Å²) in [5, 5.41) is 1.27. The Labute approximate surface area is 101 Å². The highest BCUT2D eigenvalue weighted by molar-refractivity contribution is 7.11. The zero-order valence-electron chi connectivity index (χ0n) is 9.80. The van der Waals surface area contributed by atoms with Gasteiger partial charge in [-0.1, -0.05) is 12.8 Å². The van der Waals surface area contributed by atoms with Crippen LogP contribution in [0.4, 0.5) is 0 Å². The fraction of sp³-hybridized carbons (Fsp3) is 0.769. The van der Waals surface area contributed by atoms with Gasteiger partial charge in [-0.25, -0.2) is 4.98 Å². The fourth-order valence-corrected chi connectivity index (χ4v) is 4.67. The second kappa shape index (κ2) is 4.11. The van der Waals surface area contributed by atoms with Crippen molar-refractivity contribution in [3.05, 3.63) is 15.6 Å². The van der Waals surface area contributed by atoms with Gasteiger partial charge in [-0.3, -0.25) is 0 Å². The molecule has 16 heavy (non-hydrogen) atoms. The minimum Gasteiger partial charge on any atom is -0.330 e. The van der Waals surface area contributed by atoms with E-state index in [0.717, 1.165) is 13.0 Å². The zero-order chi connectivity index (χ0) is 11.0. The molecular weight excluding hydrogens is 216 g/mol. The largest absolute Gasteiger partial charge is 0.330 e. The third-order valence-electron chi connectivity index (χ3n) is 4.27. The van der Waals surface area contributed by atoms with E-state index in [1.54, 1.807) is 4.88 Å². The van der Waals surface area contributed by atoms with Crippen LogP contribution in [0.3, 0.4) is 0 Å². The van der Waals surface area contributed by atoms with E-state index >= 15 is 0 Å². The van der Waals surface area contributed by atoms with Gasteiger partial charge in [0, 0.05) is 11.3 Å². The first-order valence-corrected chi connectivity index (χ1v) is 7.31. The molecule has 1 spiro atoms. The number of rotatable bonds is 2. The van der Waals surface area contributed by atoms with E-state index in [2.05, 4.69) is 0 Å².